The van der Waals surface area contributed by atoms with Crippen molar-refractivity contribution in [3.63, 3.8) is 0 Å². The lowest BCUT2D eigenvalue weighted by molar-refractivity contribution is -0.204. The lowest BCUT2D eigenvalue weighted by Gasteiger charge is -2.43. The highest BCUT2D eigenvalue weighted by Gasteiger charge is 2.55. The molecule has 1 unspecified atom stereocenters. The Morgan fingerprint density at radius 1 is 1.21 bits per heavy atom. The van der Waals surface area contributed by atoms with Crippen LogP contribution in [0.3, 0.4) is 0 Å². The standard InChI is InChI=1S/C20H20ClN3O3S/c21-16-8-4-3-7-15(16)20(19(26)23-27-20)18-13(6-2-1-5-11-25)9-10-17-14(18)12-22-28-24-17/h3-4,7-11,22,24H,1-2,5-6,12H2,(H,23,26). The molecule has 146 valence electrons. The summed E-state index contributed by atoms with van der Waals surface area (Å²) in [5.74, 6) is -0.235. The number of aldehydes is 1. The van der Waals surface area contributed by atoms with Crippen molar-refractivity contribution in [3.8, 4) is 0 Å². The number of hydrogen-bond acceptors (Lipinski definition) is 6. The zero-order chi connectivity index (χ0) is 19.6. The summed E-state index contributed by atoms with van der Waals surface area (Å²) in [6.07, 6.45) is 3.87. The molecule has 2 aromatic carbocycles. The van der Waals surface area contributed by atoms with E-state index >= 15 is 0 Å². The Balaban J connectivity index is 1.87. The number of carbonyl (C=O) groups excluding carboxylic acids is 2. The zero-order valence-electron chi connectivity index (χ0n) is 15.1. The summed E-state index contributed by atoms with van der Waals surface area (Å²) in [6, 6.07) is 11.3. The highest BCUT2D eigenvalue weighted by atomic mass is 35.5. The Bertz CT molecular complexity index is 924. The highest BCUT2D eigenvalue weighted by molar-refractivity contribution is 7.98. The molecule has 0 spiro atoms. The van der Waals surface area contributed by atoms with Gasteiger partial charge in [0, 0.05) is 41.2 Å². The second-order valence-corrected chi connectivity index (χ2v) is 7.86. The number of anilines is 1. The third kappa shape index (κ3) is 3.18. The molecule has 1 fully saturated rings. The van der Waals surface area contributed by atoms with Gasteiger partial charge < -0.3 is 9.52 Å². The van der Waals surface area contributed by atoms with Gasteiger partial charge in [0.05, 0.1) is 5.69 Å². The van der Waals surface area contributed by atoms with Gasteiger partial charge >= 0.3 is 0 Å². The number of unbranched alkanes of at least 4 members (excludes halogenated alkanes) is 2. The van der Waals surface area contributed by atoms with Crippen molar-refractivity contribution in [1.82, 2.24) is 10.2 Å². The van der Waals surface area contributed by atoms with E-state index < -0.39 is 5.60 Å². The summed E-state index contributed by atoms with van der Waals surface area (Å²) in [4.78, 5) is 29.4. The third-order valence-electron chi connectivity index (χ3n) is 5.12. The predicted molar refractivity (Wildman–Crippen MR) is 110 cm³/mol. The van der Waals surface area contributed by atoms with Crippen molar-refractivity contribution in [2.45, 2.75) is 37.8 Å². The summed E-state index contributed by atoms with van der Waals surface area (Å²) in [5, 5.41) is 0.480. The van der Waals surface area contributed by atoms with Crippen molar-refractivity contribution in [3.05, 3.63) is 63.7 Å². The number of rotatable bonds is 7. The van der Waals surface area contributed by atoms with Crippen LogP contribution in [0.5, 0.6) is 0 Å². The van der Waals surface area contributed by atoms with Crippen LogP contribution in [0.4, 0.5) is 5.69 Å². The minimum atomic E-state index is -1.28. The largest absolute Gasteiger partial charge is 0.317 e. The van der Waals surface area contributed by atoms with E-state index in [9.17, 15) is 9.59 Å². The maximum absolute atomic E-state index is 12.9. The van der Waals surface area contributed by atoms with Gasteiger partial charge in [-0.3, -0.25) is 4.79 Å². The number of amides is 1. The fraction of sp³-hybridized carbons (Fsp3) is 0.300. The second-order valence-electron chi connectivity index (χ2n) is 6.76. The van der Waals surface area contributed by atoms with Crippen LogP contribution >= 0.6 is 23.7 Å². The maximum Gasteiger partial charge on any atom is 0.288 e. The van der Waals surface area contributed by atoms with Gasteiger partial charge in [-0.25, -0.2) is 15.0 Å². The summed E-state index contributed by atoms with van der Waals surface area (Å²) in [6.45, 7) is 0.591. The molecule has 1 amide bonds. The number of benzene rings is 2. The Morgan fingerprint density at radius 2 is 2.07 bits per heavy atom. The molecule has 0 bridgehead atoms. The number of halogens is 1. The number of hydroxylamine groups is 1. The quantitative estimate of drug-likeness (QED) is 0.362. The lowest BCUT2D eigenvalue weighted by Crippen LogP contribution is -2.61. The topological polar surface area (TPSA) is 79.5 Å². The Morgan fingerprint density at radius 3 is 2.79 bits per heavy atom. The Labute approximate surface area is 172 Å². The number of fused-ring (bicyclic) bond motifs is 1. The Kier molecular flexibility index (Phi) is 5.59. The molecular weight excluding hydrogens is 398 g/mol. The van der Waals surface area contributed by atoms with E-state index in [1.54, 1.807) is 6.07 Å². The second kappa shape index (κ2) is 8.13. The maximum atomic E-state index is 12.9. The number of hydrogen-bond donors (Lipinski definition) is 3. The first-order chi connectivity index (χ1) is 13.7. The van der Waals surface area contributed by atoms with Crippen LogP contribution in [0.1, 0.15) is 41.5 Å². The molecule has 28 heavy (non-hydrogen) atoms. The highest BCUT2D eigenvalue weighted by Crippen LogP contribution is 2.47. The van der Waals surface area contributed by atoms with Gasteiger partial charge in [0.15, 0.2) is 0 Å². The van der Waals surface area contributed by atoms with Crippen LogP contribution in [0.15, 0.2) is 36.4 Å². The lowest BCUT2D eigenvalue weighted by atomic mass is 9.77. The average Bonchev–Trinajstić information content (AvgIpc) is 2.72. The third-order valence-corrected chi connectivity index (χ3v) is 6.06. The molecule has 2 aliphatic rings. The summed E-state index contributed by atoms with van der Waals surface area (Å²) >= 11 is 7.89. The average molecular weight is 418 g/mol. The van der Waals surface area contributed by atoms with Gasteiger partial charge in [0.2, 0.25) is 5.60 Å². The van der Waals surface area contributed by atoms with Gasteiger partial charge in [-0.05, 0) is 42.5 Å². The molecule has 0 saturated carbocycles. The molecule has 0 radical (unpaired) electrons. The summed E-state index contributed by atoms with van der Waals surface area (Å²) in [5.41, 5.74) is 5.57. The van der Waals surface area contributed by atoms with Crippen LogP contribution in [0.25, 0.3) is 0 Å². The van der Waals surface area contributed by atoms with E-state index in [1.807, 2.05) is 30.3 Å². The minimum Gasteiger partial charge on any atom is -0.317 e. The van der Waals surface area contributed by atoms with Crippen LogP contribution in [-0.2, 0) is 33.0 Å². The van der Waals surface area contributed by atoms with E-state index in [-0.39, 0.29) is 5.91 Å². The molecule has 1 atom stereocenters. The van der Waals surface area contributed by atoms with E-state index in [4.69, 9.17) is 16.4 Å². The molecule has 0 aliphatic carbocycles. The first kappa shape index (κ1) is 19.3. The van der Waals surface area contributed by atoms with E-state index in [1.165, 1.54) is 12.1 Å². The normalized spacial score (nSPS) is 20.5. The van der Waals surface area contributed by atoms with Crippen LogP contribution in [0.2, 0.25) is 5.02 Å². The molecule has 4 rings (SSSR count). The molecule has 1 saturated heterocycles. The fourth-order valence-electron chi connectivity index (χ4n) is 3.78. The van der Waals surface area contributed by atoms with Gasteiger partial charge in [-0.2, -0.15) is 0 Å². The van der Waals surface area contributed by atoms with Crippen molar-refractivity contribution in [2.24, 2.45) is 0 Å². The van der Waals surface area contributed by atoms with Gasteiger partial charge in [0.25, 0.3) is 5.91 Å². The molecule has 0 aromatic heterocycles. The number of aryl methyl sites for hydroxylation is 1. The first-order valence-electron chi connectivity index (χ1n) is 9.15. The van der Waals surface area contributed by atoms with E-state index in [0.717, 1.165) is 47.9 Å². The first-order valence-corrected chi connectivity index (χ1v) is 10.3. The SMILES string of the molecule is O=CCCCCc1ccc2c(c1C1(c3ccccc3Cl)ONC1=O)CNSN2. The molecule has 6 nitrogen and oxygen atoms in total. The smallest absolute Gasteiger partial charge is 0.288 e. The molecule has 2 heterocycles. The van der Waals surface area contributed by atoms with E-state index in [2.05, 4.69) is 14.9 Å². The number of carbonyl (C=O) groups is 2. The molecule has 2 aliphatic heterocycles. The van der Waals surface area contributed by atoms with Crippen LogP contribution < -0.4 is 14.9 Å². The monoisotopic (exact) mass is 417 g/mol. The summed E-state index contributed by atoms with van der Waals surface area (Å²) in [7, 11) is 0. The molecule has 3 N–H and O–H groups in total. The predicted octanol–water partition coefficient (Wildman–Crippen LogP) is 3.64. The van der Waals surface area contributed by atoms with Crippen molar-refractivity contribution >= 4 is 41.6 Å². The van der Waals surface area contributed by atoms with E-state index in [0.29, 0.717) is 23.6 Å². The van der Waals surface area contributed by atoms with Gasteiger partial charge in [-0.15, -0.1) is 0 Å². The minimum absolute atomic E-state index is 0.235. The molecule has 2 aromatic rings. The zero-order valence-corrected chi connectivity index (χ0v) is 16.7. The van der Waals surface area contributed by atoms with Gasteiger partial charge in [0.1, 0.15) is 6.29 Å². The van der Waals surface area contributed by atoms with Crippen molar-refractivity contribution < 1.29 is 14.4 Å². The Hall–Kier alpha value is -2.06. The van der Waals surface area contributed by atoms with Crippen molar-refractivity contribution in [1.29, 1.82) is 0 Å². The summed E-state index contributed by atoms with van der Waals surface area (Å²) < 4.78 is 6.47. The number of nitrogens with one attached hydrogen (secondary N) is 3. The van der Waals surface area contributed by atoms with Crippen LogP contribution in [0, 0.1) is 0 Å². The molecular formula is C20H20ClN3O3S. The fourth-order valence-corrected chi connectivity index (χ4v) is 4.64. The van der Waals surface area contributed by atoms with Crippen LogP contribution in [-0.4, -0.2) is 12.2 Å². The van der Waals surface area contributed by atoms with Crippen molar-refractivity contribution in [2.75, 3.05) is 4.72 Å². The van der Waals surface area contributed by atoms with Gasteiger partial charge in [-0.1, -0.05) is 35.9 Å². The molecule has 8 heteroatoms.